The van der Waals surface area contributed by atoms with Crippen molar-refractivity contribution < 1.29 is 14.6 Å². The first-order valence-electron chi connectivity index (χ1n) is 4.70. The van der Waals surface area contributed by atoms with E-state index >= 15 is 0 Å². The average molecular weight is 222 g/mol. The van der Waals surface area contributed by atoms with Crippen molar-refractivity contribution in [3.8, 4) is 0 Å². The van der Waals surface area contributed by atoms with Crippen molar-refractivity contribution in [1.29, 1.82) is 0 Å². The van der Waals surface area contributed by atoms with Crippen LogP contribution in [0.25, 0.3) is 0 Å². The summed E-state index contributed by atoms with van der Waals surface area (Å²) in [7, 11) is 0. The van der Waals surface area contributed by atoms with Crippen molar-refractivity contribution >= 4 is 17.7 Å². The van der Waals surface area contributed by atoms with Gasteiger partial charge >= 0.3 is 6.09 Å². The summed E-state index contributed by atoms with van der Waals surface area (Å²) in [4.78, 5) is 12.9. The molecule has 1 aliphatic rings. The van der Waals surface area contributed by atoms with Gasteiger partial charge in [-0.15, -0.1) is 0 Å². The monoisotopic (exact) mass is 221 g/mol. The van der Waals surface area contributed by atoms with Crippen LogP contribution >= 0.6 is 11.6 Å². The number of rotatable bonds is 2. The molecule has 0 bridgehead atoms. The molecule has 4 nitrogen and oxygen atoms in total. The van der Waals surface area contributed by atoms with Crippen LogP contribution in [0.4, 0.5) is 4.79 Å². The molecule has 14 heavy (non-hydrogen) atoms. The van der Waals surface area contributed by atoms with Crippen LogP contribution in [0.1, 0.15) is 19.8 Å². The number of aliphatic hydroxyl groups excluding tert-OH is 1. The van der Waals surface area contributed by atoms with Crippen molar-refractivity contribution in [3.63, 3.8) is 0 Å². The van der Waals surface area contributed by atoms with E-state index in [0.29, 0.717) is 13.1 Å². The number of amides is 1. The summed E-state index contributed by atoms with van der Waals surface area (Å²) in [6.07, 6.45) is 1.45. The molecule has 82 valence electrons. The number of ether oxygens (including phenoxy) is 1. The predicted octanol–water partition coefficient (Wildman–Crippen LogP) is 1.41. The van der Waals surface area contributed by atoms with Crippen LogP contribution in [0.5, 0.6) is 0 Å². The summed E-state index contributed by atoms with van der Waals surface area (Å²) in [5.74, 6) is 0. The molecular formula is C9H16ClNO3. The summed E-state index contributed by atoms with van der Waals surface area (Å²) in [6, 6.07) is -0.120. The summed E-state index contributed by atoms with van der Waals surface area (Å²) in [6.45, 7) is 3.29. The number of nitrogens with zero attached hydrogens (tertiary/aromatic N) is 1. The maximum atomic E-state index is 11.3. The number of carbonyl (C=O) groups excluding carboxylic acids is 1. The minimum atomic E-state index is -0.389. The van der Waals surface area contributed by atoms with Crippen LogP contribution in [-0.2, 0) is 4.74 Å². The number of alkyl halides is 1. The molecule has 0 aromatic rings. The highest BCUT2D eigenvalue weighted by atomic mass is 35.5. The first kappa shape index (κ1) is 11.6. The third-order valence-electron chi connectivity index (χ3n) is 2.60. The SMILES string of the molecule is C[C@]1(CO)CCCN(C(=O)OCCl)C1. The number of hydrogen-bond acceptors (Lipinski definition) is 3. The number of likely N-dealkylation sites (tertiary alicyclic amines) is 1. The van der Waals surface area contributed by atoms with Crippen LogP contribution in [0.15, 0.2) is 0 Å². The van der Waals surface area contributed by atoms with Gasteiger partial charge in [0.2, 0.25) is 0 Å². The summed E-state index contributed by atoms with van der Waals surface area (Å²) in [5, 5.41) is 9.17. The Morgan fingerprint density at radius 3 is 3.00 bits per heavy atom. The van der Waals surface area contributed by atoms with Gasteiger partial charge in [0, 0.05) is 18.5 Å². The Bertz CT molecular complexity index is 212. The minimum Gasteiger partial charge on any atom is -0.433 e. The Hall–Kier alpha value is -0.480. The Kier molecular flexibility index (Phi) is 4.01. The zero-order valence-electron chi connectivity index (χ0n) is 8.33. The zero-order chi connectivity index (χ0) is 10.6. The van der Waals surface area contributed by atoms with Crippen LogP contribution in [-0.4, -0.2) is 41.9 Å². The smallest absolute Gasteiger partial charge is 0.410 e. The molecule has 1 heterocycles. The van der Waals surface area contributed by atoms with Gasteiger partial charge in [-0.2, -0.15) is 0 Å². The van der Waals surface area contributed by atoms with E-state index < -0.39 is 0 Å². The van der Waals surface area contributed by atoms with Crippen molar-refractivity contribution in [2.45, 2.75) is 19.8 Å². The third-order valence-corrected chi connectivity index (χ3v) is 2.71. The number of piperidine rings is 1. The van der Waals surface area contributed by atoms with Crippen LogP contribution in [0.3, 0.4) is 0 Å². The minimum absolute atomic E-state index is 0.0949. The second kappa shape index (κ2) is 4.84. The molecule has 5 heteroatoms. The Balaban J connectivity index is 2.51. The molecule has 0 spiro atoms. The molecule has 1 amide bonds. The third kappa shape index (κ3) is 2.75. The van der Waals surface area contributed by atoms with Gasteiger partial charge in [0.1, 0.15) is 0 Å². The molecule has 1 atom stereocenters. The largest absolute Gasteiger partial charge is 0.433 e. The van der Waals surface area contributed by atoms with E-state index in [1.165, 1.54) is 0 Å². The van der Waals surface area contributed by atoms with Gasteiger partial charge in [-0.05, 0) is 12.8 Å². The van der Waals surface area contributed by atoms with Crippen molar-refractivity contribution in [3.05, 3.63) is 0 Å². The van der Waals surface area contributed by atoms with E-state index in [-0.39, 0.29) is 24.2 Å². The van der Waals surface area contributed by atoms with Crippen LogP contribution in [0, 0.1) is 5.41 Å². The van der Waals surface area contributed by atoms with Crippen LogP contribution < -0.4 is 0 Å². The van der Waals surface area contributed by atoms with Gasteiger partial charge in [-0.1, -0.05) is 18.5 Å². The quantitative estimate of drug-likeness (QED) is 0.718. The molecule has 1 rings (SSSR count). The highest BCUT2D eigenvalue weighted by molar-refractivity contribution is 6.17. The number of carbonyl (C=O) groups is 1. The highest BCUT2D eigenvalue weighted by Crippen LogP contribution is 2.28. The molecule has 1 saturated heterocycles. The molecule has 1 N–H and O–H groups in total. The van der Waals surface area contributed by atoms with E-state index in [1.807, 2.05) is 6.92 Å². The van der Waals surface area contributed by atoms with Gasteiger partial charge < -0.3 is 14.7 Å². The second-order valence-electron chi connectivity index (χ2n) is 4.01. The molecule has 0 radical (unpaired) electrons. The molecule has 0 saturated carbocycles. The Morgan fingerprint density at radius 1 is 1.71 bits per heavy atom. The van der Waals surface area contributed by atoms with Gasteiger partial charge in [0.05, 0.1) is 6.61 Å². The van der Waals surface area contributed by atoms with Gasteiger partial charge in [0.25, 0.3) is 0 Å². The summed E-state index contributed by atoms with van der Waals surface area (Å²) < 4.78 is 4.69. The number of hydrogen-bond donors (Lipinski definition) is 1. The van der Waals surface area contributed by atoms with Gasteiger partial charge in [-0.25, -0.2) is 4.79 Å². The number of aliphatic hydroxyl groups is 1. The number of halogens is 1. The summed E-state index contributed by atoms with van der Waals surface area (Å²) in [5.41, 5.74) is -0.191. The first-order chi connectivity index (χ1) is 6.61. The topological polar surface area (TPSA) is 49.8 Å². The predicted molar refractivity (Wildman–Crippen MR) is 53.2 cm³/mol. The Labute approximate surface area is 88.8 Å². The lowest BCUT2D eigenvalue weighted by Crippen LogP contribution is -2.46. The highest BCUT2D eigenvalue weighted by Gasteiger charge is 2.33. The molecule has 1 fully saturated rings. The lowest BCUT2D eigenvalue weighted by Gasteiger charge is -2.38. The summed E-state index contributed by atoms with van der Waals surface area (Å²) >= 11 is 5.30. The molecule has 0 unspecified atom stereocenters. The van der Waals surface area contributed by atoms with Crippen molar-refractivity contribution in [1.82, 2.24) is 4.90 Å². The average Bonchev–Trinajstić information content (AvgIpc) is 2.18. The van der Waals surface area contributed by atoms with E-state index in [9.17, 15) is 9.90 Å². The van der Waals surface area contributed by atoms with Gasteiger partial charge in [0.15, 0.2) is 6.07 Å². The first-order valence-corrected chi connectivity index (χ1v) is 5.23. The van der Waals surface area contributed by atoms with Crippen molar-refractivity contribution in [2.75, 3.05) is 25.8 Å². The lowest BCUT2D eigenvalue weighted by atomic mass is 9.83. The van der Waals surface area contributed by atoms with Crippen LogP contribution in [0.2, 0.25) is 0 Å². The molecule has 0 aromatic carbocycles. The fourth-order valence-electron chi connectivity index (χ4n) is 1.74. The fourth-order valence-corrected chi connectivity index (χ4v) is 1.83. The van der Waals surface area contributed by atoms with Crippen molar-refractivity contribution in [2.24, 2.45) is 5.41 Å². The maximum Gasteiger partial charge on any atom is 0.410 e. The maximum absolute atomic E-state index is 11.3. The van der Waals surface area contributed by atoms with Gasteiger partial charge in [-0.3, -0.25) is 0 Å². The van der Waals surface area contributed by atoms with E-state index in [1.54, 1.807) is 4.90 Å². The van der Waals surface area contributed by atoms with E-state index in [2.05, 4.69) is 4.74 Å². The lowest BCUT2D eigenvalue weighted by molar-refractivity contribution is 0.0387. The van der Waals surface area contributed by atoms with E-state index in [4.69, 9.17) is 11.6 Å². The zero-order valence-corrected chi connectivity index (χ0v) is 9.09. The Morgan fingerprint density at radius 2 is 2.43 bits per heavy atom. The standard InChI is InChI=1S/C9H16ClNO3/c1-9(6-12)3-2-4-11(5-9)8(13)14-7-10/h12H,2-7H2,1H3/t9-/m0/s1. The molecule has 0 aromatic heterocycles. The molecule has 1 aliphatic heterocycles. The molecule has 0 aliphatic carbocycles. The normalized spacial score (nSPS) is 27.5. The molecular weight excluding hydrogens is 206 g/mol. The van der Waals surface area contributed by atoms with E-state index in [0.717, 1.165) is 12.8 Å². The fraction of sp³-hybridized carbons (Fsp3) is 0.889. The second-order valence-corrected chi connectivity index (χ2v) is 4.23.